The summed E-state index contributed by atoms with van der Waals surface area (Å²) in [4.78, 5) is 16.2. The fourth-order valence-electron chi connectivity index (χ4n) is 2.29. The van der Waals surface area contributed by atoms with Gasteiger partial charge in [-0.25, -0.2) is 14.0 Å². The van der Waals surface area contributed by atoms with E-state index in [0.717, 1.165) is 5.56 Å². The lowest BCUT2D eigenvalue weighted by Crippen LogP contribution is -2.26. The molecule has 138 valence electrons. The maximum absolute atomic E-state index is 13.2. The van der Waals surface area contributed by atoms with Gasteiger partial charge in [0.2, 0.25) is 5.91 Å². The average molecular weight is 388 g/mol. The van der Waals surface area contributed by atoms with E-state index in [1.54, 1.807) is 0 Å². The van der Waals surface area contributed by atoms with Gasteiger partial charge in [-0.15, -0.1) is 0 Å². The second kappa shape index (κ2) is 8.41. The number of nitrogens with one attached hydrogen (secondary N) is 1. The van der Waals surface area contributed by atoms with Crippen molar-refractivity contribution in [2.45, 2.75) is 13.0 Å². The third kappa shape index (κ3) is 4.89. The number of amidine groups is 1. The lowest BCUT2D eigenvalue weighted by atomic mass is 10.1. The Morgan fingerprint density at radius 2 is 2.00 bits per heavy atom. The van der Waals surface area contributed by atoms with Gasteiger partial charge in [-0.2, -0.15) is 0 Å². The monoisotopic (exact) mass is 387 g/mol. The number of rotatable bonds is 6. The molecule has 9 heteroatoms. The normalized spacial score (nSPS) is 11.4. The molecule has 0 saturated carbocycles. The van der Waals surface area contributed by atoms with E-state index >= 15 is 0 Å². The van der Waals surface area contributed by atoms with E-state index in [-0.39, 0.29) is 35.4 Å². The summed E-state index contributed by atoms with van der Waals surface area (Å²) in [6.07, 6.45) is 0.235. The van der Waals surface area contributed by atoms with Crippen molar-refractivity contribution in [1.29, 1.82) is 0 Å². The molecule has 0 radical (unpaired) electrons. The summed E-state index contributed by atoms with van der Waals surface area (Å²) in [6.45, 7) is 0.0743. The molecule has 2 aromatic carbocycles. The van der Waals surface area contributed by atoms with Crippen LogP contribution in [-0.4, -0.2) is 22.1 Å². The van der Waals surface area contributed by atoms with Crippen molar-refractivity contribution in [1.82, 2.24) is 15.6 Å². The van der Waals surface area contributed by atoms with Crippen molar-refractivity contribution in [2.75, 3.05) is 0 Å². The summed E-state index contributed by atoms with van der Waals surface area (Å²) in [5.41, 5.74) is 7.68. The van der Waals surface area contributed by atoms with Crippen molar-refractivity contribution in [3.05, 3.63) is 76.3 Å². The number of halogens is 2. The minimum absolute atomic E-state index is 0.00577. The first-order valence-corrected chi connectivity index (χ1v) is 8.32. The Morgan fingerprint density at radius 1 is 1.22 bits per heavy atom. The number of carbonyl (C=O) groups is 1. The molecule has 3 N–H and O–H groups in total. The molecule has 3 rings (SSSR count). The van der Waals surface area contributed by atoms with E-state index in [9.17, 15) is 9.18 Å². The van der Waals surface area contributed by atoms with Crippen LogP contribution in [0.1, 0.15) is 17.0 Å². The first-order valence-electron chi connectivity index (χ1n) is 7.94. The molecule has 0 aliphatic rings. The molecule has 0 bridgehead atoms. The second-order valence-electron chi connectivity index (χ2n) is 5.59. The fraction of sp³-hybridized carbons (Fsp3) is 0.111. The number of aromatic nitrogens is 2. The van der Waals surface area contributed by atoms with E-state index in [4.69, 9.17) is 22.0 Å². The molecular formula is C18H15ClFN5O2. The lowest BCUT2D eigenvalue weighted by molar-refractivity contribution is -0.120. The Balaban J connectivity index is 1.67. The van der Waals surface area contributed by atoms with Crippen LogP contribution in [0.4, 0.5) is 10.1 Å². The zero-order chi connectivity index (χ0) is 19.2. The lowest BCUT2D eigenvalue weighted by Gasteiger charge is -2.04. The van der Waals surface area contributed by atoms with Crippen LogP contribution in [0.25, 0.3) is 0 Å². The van der Waals surface area contributed by atoms with Gasteiger partial charge in [0, 0.05) is 0 Å². The molecule has 0 unspecified atom stereocenters. The van der Waals surface area contributed by atoms with Gasteiger partial charge in [0.25, 0.3) is 0 Å². The molecule has 0 atom stereocenters. The van der Waals surface area contributed by atoms with Gasteiger partial charge in [0.15, 0.2) is 11.5 Å². The minimum Gasteiger partial charge on any atom is -0.382 e. The van der Waals surface area contributed by atoms with E-state index < -0.39 is 5.82 Å². The van der Waals surface area contributed by atoms with Gasteiger partial charge < -0.3 is 11.1 Å². The summed E-state index contributed by atoms with van der Waals surface area (Å²) < 4.78 is 17.9. The Bertz CT molecular complexity index is 975. The molecule has 7 nitrogen and oxygen atoms in total. The van der Waals surface area contributed by atoms with Crippen molar-refractivity contribution >= 4 is 29.0 Å². The van der Waals surface area contributed by atoms with Gasteiger partial charge in [-0.3, -0.25) is 4.79 Å². The number of nitrogens with zero attached hydrogens (tertiary/aromatic N) is 3. The molecule has 0 saturated heterocycles. The number of nitrogens with two attached hydrogens (primary N) is 1. The SMILES string of the molecule is NC(=Nc1ccc(F)c(Cl)c1)c1nonc1CNC(=O)Cc1ccccc1. The summed E-state index contributed by atoms with van der Waals surface area (Å²) in [6, 6.07) is 13.3. The quantitative estimate of drug-likeness (QED) is 0.499. The highest BCUT2D eigenvalue weighted by atomic mass is 35.5. The molecule has 0 spiro atoms. The van der Waals surface area contributed by atoms with Crippen LogP contribution in [0.3, 0.4) is 0 Å². The van der Waals surface area contributed by atoms with Gasteiger partial charge >= 0.3 is 0 Å². The topological polar surface area (TPSA) is 106 Å². The van der Waals surface area contributed by atoms with E-state index in [2.05, 4.69) is 20.6 Å². The van der Waals surface area contributed by atoms with Crippen LogP contribution in [0.5, 0.6) is 0 Å². The smallest absolute Gasteiger partial charge is 0.224 e. The van der Waals surface area contributed by atoms with E-state index in [1.807, 2.05) is 30.3 Å². The van der Waals surface area contributed by atoms with Crippen LogP contribution in [-0.2, 0) is 17.8 Å². The molecule has 1 heterocycles. The Labute approximate surface area is 159 Å². The molecule has 0 aliphatic heterocycles. The zero-order valence-corrected chi connectivity index (χ0v) is 14.8. The standard InChI is InChI=1S/C18H15ClFN5O2/c19-13-9-12(6-7-14(13)20)23-18(21)17-15(24-27-25-17)10-22-16(26)8-11-4-2-1-3-5-11/h1-7,9H,8,10H2,(H2,21,23)(H,22,26). The number of aliphatic imine (C=N–C) groups is 1. The van der Waals surface area contributed by atoms with E-state index in [0.29, 0.717) is 11.4 Å². The van der Waals surface area contributed by atoms with Gasteiger partial charge in [0.1, 0.15) is 11.5 Å². The number of hydrogen-bond donors (Lipinski definition) is 2. The van der Waals surface area contributed by atoms with Gasteiger partial charge in [-0.05, 0) is 28.9 Å². The van der Waals surface area contributed by atoms with Crippen molar-refractivity contribution in [3.8, 4) is 0 Å². The van der Waals surface area contributed by atoms with Crippen molar-refractivity contribution < 1.29 is 13.8 Å². The predicted octanol–water partition coefficient (Wildman–Crippen LogP) is 2.76. The van der Waals surface area contributed by atoms with E-state index in [1.165, 1.54) is 18.2 Å². The van der Waals surface area contributed by atoms with Crippen LogP contribution in [0, 0.1) is 5.82 Å². The van der Waals surface area contributed by atoms with Crippen LogP contribution < -0.4 is 11.1 Å². The maximum Gasteiger partial charge on any atom is 0.224 e. The minimum atomic E-state index is -0.556. The van der Waals surface area contributed by atoms with Crippen LogP contribution in [0.15, 0.2) is 58.2 Å². The molecular weight excluding hydrogens is 373 g/mol. The number of hydrogen-bond acceptors (Lipinski definition) is 5. The Morgan fingerprint density at radius 3 is 2.74 bits per heavy atom. The average Bonchev–Trinajstić information content (AvgIpc) is 3.13. The first kappa shape index (κ1) is 18.5. The summed E-state index contributed by atoms with van der Waals surface area (Å²) >= 11 is 5.73. The molecule has 1 aromatic heterocycles. The molecule has 0 fully saturated rings. The van der Waals surface area contributed by atoms with Gasteiger partial charge in [-0.1, -0.05) is 47.1 Å². The third-order valence-electron chi connectivity index (χ3n) is 3.61. The molecule has 27 heavy (non-hydrogen) atoms. The maximum atomic E-state index is 13.2. The van der Waals surface area contributed by atoms with Crippen LogP contribution >= 0.6 is 11.6 Å². The largest absolute Gasteiger partial charge is 0.382 e. The fourth-order valence-corrected chi connectivity index (χ4v) is 2.46. The molecule has 0 aliphatic carbocycles. The van der Waals surface area contributed by atoms with Crippen molar-refractivity contribution in [2.24, 2.45) is 10.7 Å². The summed E-state index contributed by atoms with van der Waals surface area (Å²) in [5, 5.41) is 10.1. The predicted molar refractivity (Wildman–Crippen MR) is 98.1 cm³/mol. The summed E-state index contributed by atoms with van der Waals surface area (Å²) in [7, 11) is 0. The number of benzene rings is 2. The Kier molecular flexibility index (Phi) is 5.77. The Hall–Kier alpha value is -3.26. The zero-order valence-electron chi connectivity index (χ0n) is 14.0. The molecule has 1 amide bonds. The highest BCUT2D eigenvalue weighted by molar-refractivity contribution is 6.31. The number of carbonyl (C=O) groups excluding carboxylic acids is 1. The highest BCUT2D eigenvalue weighted by Crippen LogP contribution is 2.22. The second-order valence-corrected chi connectivity index (χ2v) is 6.00. The third-order valence-corrected chi connectivity index (χ3v) is 3.90. The van der Waals surface area contributed by atoms with Crippen LogP contribution in [0.2, 0.25) is 5.02 Å². The van der Waals surface area contributed by atoms with Gasteiger partial charge in [0.05, 0.1) is 23.7 Å². The van der Waals surface area contributed by atoms with Crippen molar-refractivity contribution in [3.63, 3.8) is 0 Å². The highest BCUT2D eigenvalue weighted by Gasteiger charge is 2.15. The number of amides is 1. The molecule has 3 aromatic rings. The summed E-state index contributed by atoms with van der Waals surface area (Å²) in [5.74, 6) is -0.735. The first-order chi connectivity index (χ1) is 13.0.